The SMILES string of the molecule is Nc1ncnc2c1nc(N/N=C/c1ccco1)n2C1OC(CO)C(O)C1O. The van der Waals surface area contributed by atoms with E-state index in [1.165, 1.54) is 23.4 Å². The van der Waals surface area contributed by atoms with Crippen molar-refractivity contribution in [3.05, 3.63) is 30.5 Å². The second kappa shape index (κ2) is 6.92. The topological polar surface area (TPSA) is 177 Å². The number of furan rings is 1. The number of aliphatic hydroxyl groups excluding tert-OH is 3. The molecule has 4 heterocycles. The number of ether oxygens (including phenoxy) is 1. The van der Waals surface area contributed by atoms with E-state index in [1.54, 1.807) is 12.1 Å². The fourth-order valence-electron chi connectivity index (χ4n) is 2.86. The highest BCUT2D eigenvalue weighted by Gasteiger charge is 2.45. The predicted molar refractivity (Wildman–Crippen MR) is 92.7 cm³/mol. The molecule has 1 fully saturated rings. The predicted octanol–water partition coefficient (Wildman–Crippen LogP) is -0.941. The Morgan fingerprint density at radius 2 is 2.19 bits per heavy atom. The Hall–Kier alpha value is -3.06. The van der Waals surface area contributed by atoms with Crippen molar-refractivity contribution in [2.75, 3.05) is 17.8 Å². The average molecular weight is 375 g/mol. The van der Waals surface area contributed by atoms with Gasteiger partial charge in [-0.15, -0.1) is 0 Å². The summed E-state index contributed by atoms with van der Waals surface area (Å²) in [5, 5.41) is 33.8. The number of nitrogen functional groups attached to an aromatic ring is 1. The van der Waals surface area contributed by atoms with Gasteiger partial charge < -0.3 is 30.2 Å². The van der Waals surface area contributed by atoms with E-state index < -0.39 is 31.1 Å². The molecule has 0 aromatic carbocycles. The normalized spacial score (nSPS) is 25.6. The summed E-state index contributed by atoms with van der Waals surface area (Å²) in [5.41, 5.74) is 9.11. The van der Waals surface area contributed by atoms with E-state index in [-0.39, 0.29) is 22.9 Å². The van der Waals surface area contributed by atoms with Crippen LogP contribution in [-0.4, -0.2) is 66.0 Å². The van der Waals surface area contributed by atoms with E-state index in [0.717, 1.165) is 0 Å². The first-order chi connectivity index (χ1) is 13.1. The molecular formula is C15H17N7O5. The average Bonchev–Trinajstić information content (AvgIpc) is 3.36. The summed E-state index contributed by atoms with van der Waals surface area (Å²) >= 11 is 0. The lowest BCUT2D eigenvalue weighted by Gasteiger charge is -2.18. The van der Waals surface area contributed by atoms with Crippen molar-refractivity contribution in [3.8, 4) is 0 Å². The highest BCUT2D eigenvalue weighted by Crippen LogP contribution is 2.35. The zero-order valence-corrected chi connectivity index (χ0v) is 13.9. The number of rotatable bonds is 5. The minimum absolute atomic E-state index is 0.128. The summed E-state index contributed by atoms with van der Waals surface area (Å²) in [7, 11) is 0. The maximum absolute atomic E-state index is 10.4. The maximum Gasteiger partial charge on any atom is 0.228 e. The standard InChI is InChI=1S/C15H17N7O5/c16-12-9-13(18-6-17-12)22(14-11(25)10(24)8(5-23)27-14)15(20-9)21-19-4-7-2-1-3-26-7/h1-4,6,8,10-11,14,23-25H,5H2,(H,20,21)(H2,16,17,18)/b19-4+. The van der Waals surface area contributed by atoms with Gasteiger partial charge in [-0.2, -0.15) is 5.10 Å². The van der Waals surface area contributed by atoms with Gasteiger partial charge in [-0.1, -0.05) is 0 Å². The highest BCUT2D eigenvalue weighted by molar-refractivity contribution is 5.84. The lowest BCUT2D eigenvalue weighted by molar-refractivity contribution is -0.0501. The first-order valence-electron chi connectivity index (χ1n) is 8.03. The van der Waals surface area contributed by atoms with Crippen molar-refractivity contribution in [1.82, 2.24) is 19.5 Å². The Balaban J connectivity index is 1.74. The number of aliphatic hydroxyl groups is 3. The summed E-state index contributed by atoms with van der Waals surface area (Å²) in [4.78, 5) is 12.3. The van der Waals surface area contributed by atoms with Gasteiger partial charge in [0, 0.05) is 0 Å². The van der Waals surface area contributed by atoms with Gasteiger partial charge in [-0.3, -0.25) is 4.57 Å². The zero-order chi connectivity index (χ0) is 19.0. The van der Waals surface area contributed by atoms with Gasteiger partial charge in [-0.05, 0) is 12.1 Å². The zero-order valence-electron chi connectivity index (χ0n) is 13.9. The fraction of sp³-hybridized carbons (Fsp3) is 0.333. The van der Waals surface area contributed by atoms with E-state index in [1.807, 2.05) is 0 Å². The molecule has 4 atom stereocenters. The number of fused-ring (bicyclic) bond motifs is 1. The number of hydrogen-bond donors (Lipinski definition) is 5. The van der Waals surface area contributed by atoms with Crippen molar-refractivity contribution in [2.45, 2.75) is 24.5 Å². The van der Waals surface area contributed by atoms with E-state index in [2.05, 4.69) is 25.5 Å². The Kier molecular flexibility index (Phi) is 4.45. The summed E-state index contributed by atoms with van der Waals surface area (Å²) in [5.74, 6) is 0.788. The first-order valence-corrected chi connectivity index (χ1v) is 8.03. The molecule has 0 amide bonds. The molecule has 142 valence electrons. The third-order valence-corrected chi connectivity index (χ3v) is 4.18. The van der Waals surface area contributed by atoms with Gasteiger partial charge in [0.1, 0.15) is 30.4 Å². The van der Waals surface area contributed by atoms with E-state index >= 15 is 0 Å². The number of hydrazone groups is 1. The number of anilines is 2. The second-order valence-corrected chi connectivity index (χ2v) is 5.85. The van der Waals surface area contributed by atoms with Crippen molar-refractivity contribution in [1.29, 1.82) is 0 Å². The highest BCUT2D eigenvalue weighted by atomic mass is 16.6. The van der Waals surface area contributed by atoms with Crippen LogP contribution in [0.5, 0.6) is 0 Å². The number of aromatic nitrogens is 4. The van der Waals surface area contributed by atoms with E-state index in [0.29, 0.717) is 5.76 Å². The van der Waals surface area contributed by atoms with Crippen LogP contribution in [0.3, 0.4) is 0 Å². The molecule has 1 saturated heterocycles. The van der Waals surface area contributed by atoms with Crippen LogP contribution in [0.4, 0.5) is 11.8 Å². The number of nitrogens with two attached hydrogens (primary N) is 1. The summed E-state index contributed by atoms with van der Waals surface area (Å²) in [6.45, 7) is -0.460. The fourth-order valence-corrected chi connectivity index (χ4v) is 2.86. The van der Waals surface area contributed by atoms with Gasteiger partial charge in [0.05, 0.1) is 19.1 Å². The monoisotopic (exact) mass is 375 g/mol. The van der Waals surface area contributed by atoms with Gasteiger partial charge in [0.2, 0.25) is 5.95 Å². The minimum atomic E-state index is -1.33. The molecule has 3 aromatic heterocycles. The molecule has 4 unspecified atom stereocenters. The van der Waals surface area contributed by atoms with Gasteiger partial charge in [-0.25, -0.2) is 20.4 Å². The van der Waals surface area contributed by atoms with Crippen molar-refractivity contribution in [2.24, 2.45) is 5.10 Å². The molecular weight excluding hydrogens is 358 g/mol. The molecule has 6 N–H and O–H groups in total. The molecule has 1 aliphatic heterocycles. The van der Waals surface area contributed by atoms with Crippen LogP contribution >= 0.6 is 0 Å². The summed E-state index contributed by atoms with van der Waals surface area (Å²) in [6, 6.07) is 3.43. The number of nitrogens with one attached hydrogen (secondary N) is 1. The Morgan fingerprint density at radius 1 is 1.33 bits per heavy atom. The molecule has 12 nitrogen and oxygen atoms in total. The van der Waals surface area contributed by atoms with Crippen molar-refractivity contribution < 1.29 is 24.5 Å². The molecule has 4 rings (SSSR count). The molecule has 1 aliphatic rings. The van der Waals surface area contributed by atoms with Crippen molar-refractivity contribution in [3.63, 3.8) is 0 Å². The molecule has 12 heteroatoms. The number of imidazole rings is 1. The van der Waals surface area contributed by atoms with Crippen molar-refractivity contribution >= 4 is 29.1 Å². The summed E-state index contributed by atoms with van der Waals surface area (Å²) in [6.07, 6.45) is -0.463. The molecule has 0 aliphatic carbocycles. The first kappa shape index (κ1) is 17.4. The van der Waals surface area contributed by atoms with Crippen LogP contribution < -0.4 is 11.2 Å². The lowest BCUT2D eigenvalue weighted by Crippen LogP contribution is -2.33. The quantitative estimate of drug-likeness (QED) is 0.276. The number of nitrogens with zero attached hydrogens (tertiary/aromatic N) is 5. The largest absolute Gasteiger partial charge is 0.463 e. The van der Waals surface area contributed by atoms with Crippen LogP contribution in [-0.2, 0) is 4.74 Å². The lowest BCUT2D eigenvalue weighted by atomic mass is 10.1. The molecule has 0 bridgehead atoms. The molecule has 0 saturated carbocycles. The third-order valence-electron chi connectivity index (χ3n) is 4.18. The van der Waals surface area contributed by atoms with Crippen LogP contribution in [0.25, 0.3) is 11.2 Å². The Labute approximate surface area is 151 Å². The molecule has 3 aromatic rings. The van der Waals surface area contributed by atoms with Gasteiger partial charge >= 0.3 is 0 Å². The van der Waals surface area contributed by atoms with E-state index in [9.17, 15) is 15.3 Å². The minimum Gasteiger partial charge on any atom is -0.463 e. The van der Waals surface area contributed by atoms with Crippen LogP contribution in [0.2, 0.25) is 0 Å². The number of hydrogen-bond acceptors (Lipinski definition) is 11. The van der Waals surface area contributed by atoms with Gasteiger partial charge in [0.25, 0.3) is 0 Å². The smallest absolute Gasteiger partial charge is 0.228 e. The second-order valence-electron chi connectivity index (χ2n) is 5.85. The summed E-state index contributed by atoms with van der Waals surface area (Å²) < 4.78 is 12.1. The van der Waals surface area contributed by atoms with Crippen LogP contribution in [0, 0.1) is 0 Å². The molecule has 0 spiro atoms. The van der Waals surface area contributed by atoms with E-state index in [4.69, 9.17) is 14.9 Å². The molecule has 0 radical (unpaired) electrons. The Bertz CT molecular complexity index is 957. The third kappa shape index (κ3) is 3.00. The van der Waals surface area contributed by atoms with Gasteiger partial charge in [0.15, 0.2) is 23.2 Å². The maximum atomic E-state index is 10.4. The Morgan fingerprint density at radius 3 is 2.89 bits per heavy atom. The van der Waals surface area contributed by atoms with Crippen LogP contribution in [0.15, 0.2) is 34.2 Å². The van der Waals surface area contributed by atoms with Crippen LogP contribution in [0.1, 0.15) is 12.0 Å². The molecule has 27 heavy (non-hydrogen) atoms.